The number of hydrogen-bond donors (Lipinski definition) is 2. The lowest BCUT2D eigenvalue weighted by Crippen LogP contribution is -2.29. The van der Waals surface area contributed by atoms with Crippen LogP contribution in [0.2, 0.25) is 0 Å². The van der Waals surface area contributed by atoms with Gasteiger partial charge in [-0.25, -0.2) is 13.1 Å². The van der Waals surface area contributed by atoms with Crippen LogP contribution in [0.15, 0.2) is 27.6 Å². The van der Waals surface area contributed by atoms with E-state index in [4.69, 9.17) is 0 Å². The van der Waals surface area contributed by atoms with E-state index in [1.807, 2.05) is 6.92 Å². The summed E-state index contributed by atoms with van der Waals surface area (Å²) in [5.41, 5.74) is 1.00. The molecule has 106 valence electrons. The third kappa shape index (κ3) is 3.78. The number of aryl methyl sites for hydroxylation is 1. The van der Waals surface area contributed by atoms with E-state index in [0.29, 0.717) is 17.4 Å². The van der Waals surface area contributed by atoms with Gasteiger partial charge in [0.2, 0.25) is 10.0 Å². The molecule has 1 aromatic rings. The van der Waals surface area contributed by atoms with Gasteiger partial charge in [-0.1, -0.05) is 6.07 Å². The topological polar surface area (TPSA) is 66.4 Å². The van der Waals surface area contributed by atoms with Crippen LogP contribution >= 0.6 is 15.9 Å². The van der Waals surface area contributed by atoms with Crippen molar-refractivity contribution >= 4 is 26.0 Å². The lowest BCUT2D eigenvalue weighted by Gasteiger charge is -2.12. The molecule has 0 saturated heterocycles. The number of aliphatic hydroxyl groups excluding tert-OH is 1. The van der Waals surface area contributed by atoms with Crippen molar-refractivity contribution in [1.82, 2.24) is 4.72 Å². The molecule has 2 atom stereocenters. The lowest BCUT2D eigenvalue weighted by molar-refractivity contribution is 0.178. The van der Waals surface area contributed by atoms with Gasteiger partial charge in [0.1, 0.15) is 0 Å². The summed E-state index contributed by atoms with van der Waals surface area (Å²) in [6, 6.07) is 5.16. The number of rotatable bonds is 4. The maximum atomic E-state index is 12.2. The number of halogens is 1. The first-order chi connectivity index (χ1) is 8.88. The fourth-order valence-electron chi connectivity index (χ4n) is 2.36. The van der Waals surface area contributed by atoms with Crippen molar-refractivity contribution in [3.8, 4) is 0 Å². The van der Waals surface area contributed by atoms with Crippen LogP contribution in [0, 0.1) is 12.8 Å². The quantitative estimate of drug-likeness (QED) is 0.877. The van der Waals surface area contributed by atoms with Crippen molar-refractivity contribution < 1.29 is 13.5 Å². The second-order valence-corrected chi connectivity index (χ2v) is 7.71. The van der Waals surface area contributed by atoms with Crippen LogP contribution in [0.5, 0.6) is 0 Å². The molecular weight excluding hydrogens is 330 g/mol. The van der Waals surface area contributed by atoms with E-state index in [0.717, 1.165) is 18.4 Å². The predicted octanol–water partition coefficient (Wildman–Crippen LogP) is 2.20. The largest absolute Gasteiger partial charge is 0.393 e. The van der Waals surface area contributed by atoms with Crippen molar-refractivity contribution in [3.63, 3.8) is 0 Å². The average molecular weight is 348 g/mol. The molecule has 2 N–H and O–H groups in total. The molecule has 0 bridgehead atoms. The normalized spacial score (nSPS) is 23.7. The number of benzene rings is 1. The Morgan fingerprint density at radius 3 is 2.74 bits per heavy atom. The first-order valence-corrected chi connectivity index (χ1v) is 8.60. The van der Waals surface area contributed by atoms with E-state index < -0.39 is 10.0 Å². The molecule has 0 radical (unpaired) electrons. The van der Waals surface area contributed by atoms with Crippen molar-refractivity contribution in [2.24, 2.45) is 5.92 Å². The van der Waals surface area contributed by atoms with E-state index in [2.05, 4.69) is 20.7 Å². The minimum absolute atomic E-state index is 0.231. The zero-order valence-corrected chi connectivity index (χ0v) is 13.2. The number of sulfonamides is 1. The molecule has 19 heavy (non-hydrogen) atoms. The van der Waals surface area contributed by atoms with Gasteiger partial charge in [-0.15, -0.1) is 0 Å². The molecule has 1 saturated carbocycles. The van der Waals surface area contributed by atoms with Crippen LogP contribution in [0.25, 0.3) is 0 Å². The number of aliphatic hydroxyl groups is 1. The van der Waals surface area contributed by atoms with Crippen LogP contribution in [-0.4, -0.2) is 26.2 Å². The predicted molar refractivity (Wildman–Crippen MR) is 77.4 cm³/mol. The van der Waals surface area contributed by atoms with E-state index in [-0.39, 0.29) is 16.9 Å². The molecular formula is C13H18BrNO3S. The van der Waals surface area contributed by atoms with Gasteiger partial charge in [0, 0.05) is 11.0 Å². The van der Waals surface area contributed by atoms with Gasteiger partial charge in [-0.2, -0.15) is 0 Å². The zero-order valence-electron chi connectivity index (χ0n) is 10.8. The summed E-state index contributed by atoms with van der Waals surface area (Å²) in [6.07, 6.45) is 2.04. The highest BCUT2D eigenvalue weighted by atomic mass is 79.9. The number of hydrogen-bond acceptors (Lipinski definition) is 3. The van der Waals surface area contributed by atoms with Crippen LogP contribution in [0.1, 0.15) is 24.8 Å². The van der Waals surface area contributed by atoms with Crippen LogP contribution < -0.4 is 4.72 Å². The van der Waals surface area contributed by atoms with Crippen molar-refractivity contribution in [2.45, 2.75) is 37.2 Å². The Morgan fingerprint density at radius 2 is 2.16 bits per heavy atom. The Morgan fingerprint density at radius 1 is 1.42 bits per heavy atom. The molecule has 0 spiro atoms. The summed E-state index contributed by atoms with van der Waals surface area (Å²) in [5.74, 6) is 0.231. The Kier molecular flexibility index (Phi) is 4.66. The van der Waals surface area contributed by atoms with Gasteiger partial charge in [0.25, 0.3) is 0 Å². The Bertz CT molecular complexity index is 559. The molecule has 0 amide bonds. The summed E-state index contributed by atoms with van der Waals surface area (Å²) >= 11 is 3.29. The van der Waals surface area contributed by atoms with Crippen molar-refractivity contribution in [3.05, 3.63) is 28.2 Å². The molecule has 2 unspecified atom stereocenters. The van der Waals surface area contributed by atoms with Gasteiger partial charge < -0.3 is 5.11 Å². The highest BCUT2D eigenvalue weighted by Crippen LogP contribution is 2.26. The van der Waals surface area contributed by atoms with Gasteiger partial charge in [-0.05, 0) is 65.7 Å². The third-order valence-corrected chi connectivity index (χ3v) is 5.85. The Hall–Kier alpha value is -0.430. The summed E-state index contributed by atoms with van der Waals surface area (Å²) in [4.78, 5) is 0.261. The fourth-order valence-corrected chi connectivity index (χ4v) is 4.67. The molecule has 0 aliphatic heterocycles. The molecule has 0 heterocycles. The molecule has 1 aliphatic rings. The summed E-state index contributed by atoms with van der Waals surface area (Å²) in [5, 5.41) is 9.44. The minimum Gasteiger partial charge on any atom is -0.393 e. The maximum absolute atomic E-state index is 12.2. The van der Waals surface area contributed by atoms with Crippen LogP contribution in [-0.2, 0) is 10.0 Å². The highest BCUT2D eigenvalue weighted by Gasteiger charge is 2.25. The molecule has 0 aromatic heterocycles. The van der Waals surface area contributed by atoms with Crippen LogP contribution in [0.4, 0.5) is 0 Å². The Balaban J connectivity index is 2.06. The second-order valence-electron chi connectivity index (χ2n) is 5.12. The fraction of sp³-hybridized carbons (Fsp3) is 0.538. The molecule has 1 aromatic carbocycles. The average Bonchev–Trinajstić information content (AvgIpc) is 2.72. The monoisotopic (exact) mass is 347 g/mol. The van der Waals surface area contributed by atoms with E-state index in [1.54, 1.807) is 18.2 Å². The van der Waals surface area contributed by atoms with Gasteiger partial charge in [-0.3, -0.25) is 0 Å². The molecule has 2 rings (SSSR count). The summed E-state index contributed by atoms with van der Waals surface area (Å²) < 4.78 is 27.6. The SMILES string of the molecule is Cc1ccc(S(=O)(=O)NCC2CCC(O)C2)c(Br)c1. The number of nitrogens with one attached hydrogen (secondary N) is 1. The lowest BCUT2D eigenvalue weighted by atomic mass is 10.1. The van der Waals surface area contributed by atoms with Gasteiger partial charge in [0.15, 0.2) is 0 Å². The standard InChI is InChI=1S/C13H18BrNO3S/c1-9-2-5-13(12(14)6-9)19(17,18)15-8-10-3-4-11(16)7-10/h2,5-6,10-11,15-16H,3-4,7-8H2,1H3. The van der Waals surface area contributed by atoms with Gasteiger partial charge in [0.05, 0.1) is 11.0 Å². The maximum Gasteiger partial charge on any atom is 0.241 e. The first-order valence-electron chi connectivity index (χ1n) is 6.32. The third-order valence-electron chi connectivity index (χ3n) is 3.45. The first kappa shape index (κ1) is 15.0. The van der Waals surface area contributed by atoms with Crippen LogP contribution in [0.3, 0.4) is 0 Å². The summed E-state index contributed by atoms with van der Waals surface area (Å²) in [6.45, 7) is 2.30. The Labute approximate surface area is 122 Å². The molecule has 6 heteroatoms. The van der Waals surface area contributed by atoms with E-state index >= 15 is 0 Å². The molecule has 4 nitrogen and oxygen atoms in total. The van der Waals surface area contributed by atoms with E-state index in [1.165, 1.54) is 0 Å². The van der Waals surface area contributed by atoms with Gasteiger partial charge >= 0.3 is 0 Å². The van der Waals surface area contributed by atoms with Crippen molar-refractivity contribution in [2.75, 3.05) is 6.54 Å². The highest BCUT2D eigenvalue weighted by molar-refractivity contribution is 9.10. The zero-order chi connectivity index (χ0) is 14.0. The smallest absolute Gasteiger partial charge is 0.241 e. The van der Waals surface area contributed by atoms with E-state index in [9.17, 15) is 13.5 Å². The molecule has 1 fully saturated rings. The van der Waals surface area contributed by atoms with Crippen molar-refractivity contribution in [1.29, 1.82) is 0 Å². The molecule has 1 aliphatic carbocycles. The second kappa shape index (κ2) is 5.91. The minimum atomic E-state index is -3.49. The summed E-state index contributed by atoms with van der Waals surface area (Å²) in [7, 11) is -3.49.